The largest absolute Gasteiger partial charge is 0.338 e. The summed E-state index contributed by atoms with van der Waals surface area (Å²) in [4.78, 5) is 25.2. The van der Waals surface area contributed by atoms with Crippen molar-refractivity contribution in [3.05, 3.63) is 35.4 Å². The summed E-state index contributed by atoms with van der Waals surface area (Å²) in [6.45, 7) is 3.68. The molecule has 0 radical (unpaired) electrons. The molecule has 0 aromatic heterocycles. The number of amides is 2. The number of hydrazine groups is 1. The summed E-state index contributed by atoms with van der Waals surface area (Å²) in [6, 6.07) is 7.77. The summed E-state index contributed by atoms with van der Waals surface area (Å²) in [5, 5.41) is 0. The predicted molar refractivity (Wildman–Crippen MR) is 80.9 cm³/mol. The van der Waals surface area contributed by atoms with Crippen LogP contribution in [0.2, 0.25) is 0 Å². The molecule has 5 nitrogen and oxygen atoms in total. The standard InChI is InChI=1S/C16H23N3O2/c1-12-2-7-16(21)19(9-8-12)11-14-5-3-13(4-6-14)10-15(20)18-17/h3-6,12H,2,7-11,17H2,1H3,(H,18,20). The van der Waals surface area contributed by atoms with E-state index in [-0.39, 0.29) is 18.2 Å². The lowest BCUT2D eigenvalue weighted by molar-refractivity contribution is -0.131. The zero-order valence-electron chi connectivity index (χ0n) is 12.5. The normalized spacial score (nSPS) is 19.2. The Bertz CT molecular complexity index is 499. The summed E-state index contributed by atoms with van der Waals surface area (Å²) < 4.78 is 0. The topological polar surface area (TPSA) is 75.4 Å². The van der Waals surface area contributed by atoms with Crippen LogP contribution in [0.4, 0.5) is 0 Å². The predicted octanol–water partition coefficient (Wildman–Crippen LogP) is 1.37. The number of likely N-dealkylation sites (tertiary alicyclic amines) is 1. The number of nitrogens with zero attached hydrogens (tertiary/aromatic N) is 1. The third-order valence-corrected chi connectivity index (χ3v) is 4.02. The van der Waals surface area contributed by atoms with Gasteiger partial charge >= 0.3 is 0 Å². The third kappa shape index (κ3) is 4.56. The number of carbonyl (C=O) groups excluding carboxylic acids is 2. The van der Waals surface area contributed by atoms with Crippen molar-refractivity contribution in [2.45, 2.75) is 39.2 Å². The van der Waals surface area contributed by atoms with Crippen molar-refractivity contribution in [1.82, 2.24) is 10.3 Å². The average Bonchev–Trinajstić information content (AvgIpc) is 2.64. The maximum Gasteiger partial charge on any atom is 0.238 e. The fourth-order valence-electron chi connectivity index (χ4n) is 2.56. The summed E-state index contributed by atoms with van der Waals surface area (Å²) in [6.07, 6.45) is 2.98. The highest BCUT2D eigenvalue weighted by Crippen LogP contribution is 2.19. The minimum absolute atomic E-state index is 0.209. The van der Waals surface area contributed by atoms with Gasteiger partial charge in [-0.25, -0.2) is 5.84 Å². The van der Waals surface area contributed by atoms with E-state index >= 15 is 0 Å². The molecule has 2 amide bonds. The Morgan fingerprint density at radius 1 is 1.29 bits per heavy atom. The molecule has 0 spiro atoms. The van der Waals surface area contributed by atoms with Crippen LogP contribution in [0.1, 0.15) is 37.3 Å². The second kappa shape index (κ2) is 7.22. The van der Waals surface area contributed by atoms with Gasteiger partial charge in [0.15, 0.2) is 0 Å². The van der Waals surface area contributed by atoms with E-state index in [9.17, 15) is 9.59 Å². The lowest BCUT2D eigenvalue weighted by atomic mass is 10.0. The molecule has 0 bridgehead atoms. The monoisotopic (exact) mass is 289 g/mol. The first-order valence-corrected chi connectivity index (χ1v) is 7.43. The molecule has 1 fully saturated rings. The van der Waals surface area contributed by atoms with Crippen molar-refractivity contribution in [2.24, 2.45) is 11.8 Å². The number of hydrogen-bond acceptors (Lipinski definition) is 3. The Labute approximate surface area is 125 Å². The average molecular weight is 289 g/mol. The third-order valence-electron chi connectivity index (χ3n) is 4.02. The fraction of sp³-hybridized carbons (Fsp3) is 0.500. The first-order chi connectivity index (χ1) is 10.1. The minimum atomic E-state index is -0.209. The van der Waals surface area contributed by atoms with Crippen LogP contribution in [-0.4, -0.2) is 23.3 Å². The minimum Gasteiger partial charge on any atom is -0.338 e. The van der Waals surface area contributed by atoms with E-state index in [0.717, 1.165) is 30.5 Å². The molecular formula is C16H23N3O2. The Balaban J connectivity index is 1.96. The summed E-state index contributed by atoms with van der Waals surface area (Å²) in [5.41, 5.74) is 4.13. The molecule has 1 aliphatic rings. The van der Waals surface area contributed by atoms with Crippen molar-refractivity contribution in [3.8, 4) is 0 Å². The molecular weight excluding hydrogens is 266 g/mol. The van der Waals surface area contributed by atoms with Gasteiger partial charge in [0.25, 0.3) is 0 Å². The van der Waals surface area contributed by atoms with Gasteiger partial charge < -0.3 is 4.90 Å². The van der Waals surface area contributed by atoms with Gasteiger partial charge in [0.2, 0.25) is 11.8 Å². The molecule has 0 aliphatic carbocycles. The van der Waals surface area contributed by atoms with E-state index in [0.29, 0.717) is 18.9 Å². The van der Waals surface area contributed by atoms with E-state index in [1.807, 2.05) is 29.2 Å². The molecule has 1 atom stereocenters. The van der Waals surface area contributed by atoms with Gasteiger partial charge in [0, 0.05) is 19.5 Å². The number of hydrogen-bond donors (Lipinski definition) is 2. The first-order valence-electron chi connectivity index (χ1n) is 7.43. The maximum absolute atomic E-state index is 12.1. The number of carbonyl (C=O) groups is 2. The molecule has 1 heterocycles. The highest BCUT2D eigenvalue weighted by Gasteiger charge is 2.20. The molecule has 1 aromatic carbocycles. The molecule has 1 unspecified atom stereocenters. The van der Waals surface area contributed by atoms with Gasteiger partial charge in [-0.15, -0.1) is 0 Å². The summed E-state index contributed by atoms with van der Waals surface area (Å²) in [5.74, 6) is 5.73. The summed E-state index contributed by atoms with van der Waals surface area (Å²) >= 11 is 0. The van der Waals surface area contributed by atoms with Gasteiger partial charge in [-0.2, -0.15) is 0 Å². The van der Waals surface area contributed by atoms with Gasteiger partial charge in [0.05, 0.1) is 6.42 Å². The highest BCUT2D eigenvalue weighted by molar-refractivity contribution is 5.78. The first kappa shape index (κ1) is 15.5. The Morgan fingerprint density at radius 2 is 1.95 bits per heavy atom. The number of nitrogens with two attached hydrogens (primary N) is 1. The molecule has 1 aromatic rings. The van der Waals surface area contributed by atoms with Gasteiger partial charge in [-0.3, -0.25) is 15.0 Å². The zero-order chi connectivity index (χ0) is 15.2. The molecule has 0 saturated carbocycles. The Hall–Kier alpha value is -1.88. The van der Waals surface area contributed by atoms with Crippen LogP contribution in [0.15, 0.2) is 24.3 Å². The lowest BCUT2D eigenvalue weighted by Gasteiger charge is -2.21. The molecule has 5 heteroatoms. The second-order valence-electron chi connectivity index (χ2n) is 5.81. The van der Waals surface area contributed by atoms with Crippen molar-refractivity contribution in [2.75, 3.05) is 6.54 Å². The van der Waals surface area contributed by atoms with E-state index in [1.54, 1.807) is 0 Å². The molecule has 1 saturated heterocycles. The van der Waals surface area contributed by atoms with Crippen LogP contribution >= 0.6 is 0 Å². The Morgan fingerprint density at radius 3 is 2.62 bits per heavy atom. The SMILES string of the molecule is CC1CCC(=O)N(Cc2ccc(CC(=O)NN)cc2)CC1. The number of nitrogens with one attached hydrogen (secondary N) is 1. The van der Waals surface area contributed by atoms with E-state index < -0.39 is 0 Å². The molecule has 2 rings (SSSR count). The molecule has 114 valence electrons. The van der Waals surface area contributed by atoms with Gasteiger partial charge in [-0.05, 0) is 29.9 Å². The van der Waals surface area contributed by atoms with Crippen LogP contribution in [0.25, 0.3) is 0 Å². The van der Waals surface area contributed by atoms with Crippen molar-refractivity contribution >= 4 is 11.8 Å². The lowest BCUT2D eigenvalue weighted by Crippen LogP contribution is -2.31. The molecule has 21 heavy (non-hydrogen) atoms. The fourth-order valence-corrected chi connectivity index (χ4v) is 2.56. The van der Waals surface area contributed by atoms with Crippen LogP contribution in [-0.2, 0) is 22.6 Å². The number of benzene rings is 1. The van der Waals surface area contributed by atoms with Crippen molar-refractivity contribution < 1.29 is 9.59 Å². The molecule has 1 aliphatic heterocycles. The van der Waals surface area contributed by atoms with Crippen LogP contribution < -0.4 is 11.3 Å². The van der Waals surface area contributed by atoms with E-state index in [1.165, 1.54) is 0 Å². The van der Waals surface area contributed by atoms with E-state index in [4.69, 9.17) is 5.84 Å². The molecule has 3 N–H and O–H groups in total. The van der Waals surface area contributed by atoms with Crippen molar-refractivity contribution in [1.29, 1.82) is 0 Å². The maximum atomic E-state index is 12.1. The van der Waals surface area contributed by atoms with Crippen LogP contribution in [0, 0.1) is 5.92 Å². The van der Waals surface area contributed by atoms with Gasteiger partial charge in [0.1, 0.15) is 0 Å². The summed E-state index contributed by atoms with van der Waals surface area (Å²) in [7, 11) is 0. The quantitative estimate of drug-likeness (QED) is 0.499. The van der Waals surface area contributed by atoms with Crippen molar-refractivity contribution in [3.63, 3.8) is 0 Å². The van der Waals surface area contributed by atoms with Gasteiger partial charge in [-0.1, -0.05) is 31.2 Å². The second-order valence-corrected chi connectivity index (χ2v) is 5.81. The Kier molecular flexibility index (Phi) is 5.33. The van der Waals surface area contributed by atoms with E-state index in [2.05, 4.69) is 12.3 Å². The highest BCUT2D eigenvalue weighted by atomic mass is 16.2. The zero-order valence-corrected chi connectivity index (χ0v) is 12.5. The van der Waals surface area contributed by atoms with Crippen LogP contribution in [0.5, 0.6) is 0 Å². The van der Waals surface area contributed by atoms with Crippen LogP contribution in [0.3, 0.4) is 0 Å². The smallest absolute Gasteiger partial charge is 0.238 e. The number of rotatable bonds is 4.